The molecule has 2 aromatic carbocycles. The van der Waals surface area contributed by atoms with E-state index in [2.05, 4.69) is 33.7 Å². The number of hydrogen-bond donors (Lipinski definition) is 0. The maximum Gasteiger partial charge on any atom is 0.195 e. The zero-order valence-corrected chi connectivity index (χ0v) is 10.6. The number of fused-ring (bicyclic) bond motifs is 5. The van der Waals surface area contributed by atoms with Gasteiger partial charge in [-0.25, -0.2) is 4.98 Å². The first-order chi connectivity index (χ1) is 8.86. The second-order valence-corrected chi connectivity index (χ2v) is 5.16. The molecule has 4 heteroatoms. The summed E-state index contributed by atoms with van der Waals surface area (Å²) in [6.45, 7) is 0. The van der Waals surface area contributed by atoms with Crippen LogP contribution in [0.1, 0.15) is 0 Å². The highest BCUT2D eigenvalue weighted by Crippen LogP contribution is 2.31. The second kappa shape index (κ2) is 3.46. The van der Waals surface area contributed by atoms with Crippen molar-refractivity contribution < 1.29 is 4.74 Å². The number of nitrogens with zero attached hydrogens (tertiary/aromatic N) is 2. The van der Waals surface area contributed by atoms with Gasteiger partial charge in [-0.1, -0.05) is 23.5 Å². The van der Waals surface area contributed by atoms with Crippen molar-refractivity contribution >= 4 is 37.5 Å². The number of para-hydroxylation sites is 1. The maximum atomic E-state index is 5.29. The minimum absolute atomic E-state index is 0.861. The van der Waals surface area contributed by atoms with Crippen LogP contribution in [-0.4, -0.2) is 16.5 Å². The number of imidazole rings is 1. The van der Waals surface area contributed by atoms with Gasteiger partial charge < -0.3 is 4.74 Å². The van der Waals surface area contributed by atoms with E-state index in [0.29, 0.717) is 0 Å². The zero-order valence-electron chi connectivity index (χ0n) is 9.75. The monoisotopic (exact) mass is 254 g/mol. The number of benzene rings is 2. The lowest BCUT2D eigenvalue weighted by Crippen LogP contribution is -1.84. The third kappa shape index (κ3) is 1.21. The fraction of sp³-hybridized carbons (Fsp3) is 0.0714. The van der Waals surface area contributed by atoms with Crippen molar-refractivity contribution in [3.8, 4) is 5.75 Å². The molecular weight excluding hydrogens is 244 g/mol. The Morgan fingerprint density at radius 1 is 1.11 bits per heavy atom. The van der Waals surface area contributed by atoms with E-state index in [1.165, 1.54) is 10.2 Å². The molecule has 0 saturated heterocycles. The lowest BCUT2D eigenvalue weighted by atomic mass is 10.3. The van der Waals surface area contributed by atoms with E-state index < -0.39 is 0 Å². The number of methoxy groups -OCH3 is 1. The topological polar surface area (TPSA) is 26.5 Å². The minimum Gasteiger partial charge on any atom is -0.497 e. The normalized spacial score (nSPS) is 11.6. The Morgan fingerprint density at radius 2 is 2.00 bits per heavy atom. The van der Waals surface area contributed by atoms with Gasteiger partial charge in [0, 0.05) is 6.07 Å². The Bertz CT molecular complexity index is 875. The van der Waals surface area contributed by atoms with Crippen LogP contribution in [0.5, 0.6) is 5.75 Å². The van der Waals surface area contributed by atoms with Crippen LogP contribution < -0.4 is 4.74 Å². The van der Waals surface area contributed by atoms with Gasteiger partial charge in [0.15, 0.2) is 4.96 Å². The number of thiazole rings is 1. The highest BCUT2D eigenvalue weighted by molar-refractivity contribution is 7.23. The third-order valence-electron chi connectivity index (χ3n) is 3.14. The summed E-state index contributed by atoms with van der Waals surface area (Å²) in [6.07, 6.45) is 0. The van der Waals surface area contributed by atoms with E-state index in [9.17, 15) is 0 Å². The van der Waals surface area contributed by atoms with Gasteiger partial charge in [-0.15, -0.1) is 0 Å². The molecule has 0 saturated carbocycles. The lowest BCUT2D eigenvalue weighted by Gasteiger charge is -1.99. The largest absolute Gasteiger partial charge is 0.497 e. The first-order valence-electron chi connectivity index (χ1n) is 5.70. The molecule has 0 aliphatic heterocycles. The molecule has 18 heavy (non-hydrogen) atoms. The van der Waals surface area contributed by atoms with E-state index in [0.717, 1.165) is 21.7 Å². The predicted octanol–water partition coefficient (Wildman–Crippen LogP) is 3.71. The van der Waals surface area contributed by atoms with Crippen LogP contribution in [0.2, 0.25) is 0 Å². The van der Waals surface area contributed by atoms with Crippen molar-refractivity contribution in [1.82, 2.24) is 9.38 Å². The summed E-state index contributed by atoms with van der Waals surface area (Å²) in [4.78, 5) is 5.68. The molecule has 0 fully saturated rings. The minimum atomic E-state index is 0.861. The molecule has 4 aromatic rings. The summed E-state index contributed by atoms with van der Waals surface area (Å²) < 4.78 is 8.74. The van der Waals surface area contributed by atoms with E-state index in [1.807, 2.05) is 18.2 Å². The fourth-order valence-electron chi connectivity index (χ4n) is 2.29. The van der Waals surface area contributed by atoms with Crippen molar-refractivity contribution in [2.75, 3.05) is 7.11 Å². The van der Waals surface area contributed by atoms with Crippen molar-refractivity contribution in [1.29, 1.82) is 0 Å². The number of hydrogen-bond acceptors (Lipinski definition) is 3. The fourth-order valence-corrected chi connectivity index (χ4v) is 3.33. The van der Waals surface area contributed by atoms with Gasteiger partial charge in [0.2, 0.25) is 0 Å². The summed E-state index contributed by atoms with van der Waals surface area (Å²) in [6, 6.07) is 14.3. The molecular formula is C14H10N2OS. The highest BCUT2D eigenvalue weighted by atomic mass is 32.1. The van der Waals surface area contributed by atoms with Crippen LogP contribution in [0, 0.1) is 0 Å². The summed E-state index contributed by atoms with van der Waals surface area (Å²) in [7, 11) is 1.69. The van der Waals surface area contributed by atoms with Crippen LogP contribution in [0.3, 0.4) is 0 Å². The predicted molar refractivity (Wildman–Crippen MR) is 74.6 cm³/mol. The summed E-state index contributed by atoms with van der Waals surface area (Å²) in [5, 5.41) is 0. The molecule has 0 aliphatic carbocycles. The first kappa shape index (κ1) is 9.91. The van der Waals surface area contributed by atoms with Crippen LogP contribution >= 0.6 is 11.3 Å². The molecule has 88 valence electrons. The number of rotatable bonds is 1. The molecule has 0 amide bonds. The van der Waals surface area contributed by atoms with E-state index in [1.54, 1.807) is 18.4 Å². The van der Waals surface area contributed by atoms with Crippen molar-refractivity contribution in [2.45, 2.75) is 0 Å². The van der Waals surface area contributed by atoms with Gasteiger partial charge in [-0.3, -0.25) is 4.40 Å². The molecule has 2 aromatic heterocycles. The van der Waals surface area contributed by atoms with Crippen molar-refractivity contribution in [3.63, 3.8) is 0 Å². The SMILES string of the molecule is COc1ccc2nc3sc4ccccc4n3c2c1. The maximum absolute atomic E-state index is 5.29. The van der Waals surface area contributed by atoms with E-state index in [4.69, 9.17) is 4.74 Å². The highest BCUT2D eigenvalue weighted by Gasteiger charge is 2.11. The van der Waals surface area contributed by atoms with Gasteiger partial charge >= 0.3 is 0 Å². The van der Waals surface area contributed by atoms with Crippen molar-refractivity contribution in [2.24, 2.45) is 0 Å². The molecule has 0 radical (unpaired) electrons. The van der Waals surface area contributed by atoms with E-state index >= 15 is 0 Å². The molecule has 0 aliphatic rings. The second-order valence-electron chi connectivity index (χ2n) is 4.15. The average molecular weight is 254 g/mol. The van der Waals surface area contributed by atoms with Crippen LogP contribution in [0.4, 0.5) is 0 Å². The summed E-state index contributed by atoms with van der Waals surface area (Å²) in [5.74, 6) is 0.861. The Hall–Kier alpha value is -2.07. The van der Waals surface area contributed by atoms with E-state index in [-0.39, 0.29) is 0 Å². The number of ether oxygens (including phenoxy) is 1. The molecule has 4 rings (SSSR count). The van der Waals surface area contributed by atoms with Crippen LogP contribution in [-0.2, 0) is 0 Å². The number of aromatic nitrogens is 2. The Kier molecular flexibility index (Phi) is 1.91. The van der Waals surface area contributed by atoms with Crippen LogP contribution in [0.25, 0.3) is 26.2 Å². The lowest BCUT2D eigenvalue weighted by molar-refractivity contribution is 0.415. The molecule has 0 N–H and O–H groups in total. The van der Waals surface area contributed by atoms with Gasteiger partial charge in [0.1, 0.15) is 5.75 Å². The molecule has 0 unspecified atom stereocenters. The average Bonchev–Trinajstić information content (AvgIpc) is 2.93. The molecule has 0 atom stereocenters. The standard InChI is InChI=1S/C14H10N2OS/c1-17-9-6-7-10-12(8-9)16-11-4-2-3-5-13(11)18-14(16)15-10/h2-8H,1H3. The smallest absolute Gasteiger partial charge is 0.195 e. The Balaban J connectivity index is 2.24. The summed E-state index contributed by atoms with van der Waals surface area (Å²) in [5.41, 5.74) is 3.31. The molecule has 2 heterocycles. The van der Waals surface area contributed by atoms with Crippen LogP contribution in [0.15, 0.2) is 42.5 Å². The quantitative estimate of drug-likeness (QED) is 0.517. The summed E-state index contributed by atoms with van der Waals surface area (Å²) >= 11 is 1.71. The first-order valence-corrected chi connectivity index (χ1v) is 6.52. The van der Waals surface area contributed by atoms with Gasteiger partial charge in [0.05, 0.1) is 28.4 Å². The zero-order chi connectivity index (χ0) is 12.1. The van der Waals surface area contributed by atoms with Gasteiger partial charge in [-0.05, 0) is 24.3 Å². The third-order valence-corrected chi connectivity index (χ3v) is 4.16. The Labute approximate surface area is 107 Å². The van der Waals surface area contributed by atoms with Crippen molar-refractivity contribution in [3.05, 3.63) is 42.5 Å². The Morgan fingerprint density at radius 3 is 2.89 bits per heavy atom. The van der Waals surface area contributed by atoms with Gasteiger partial charge in [0.25, 0.3) is 0 Å². The molecule has 3 nitrogen and oxygen atoms in total. The molecule has 0 spiro atoms. The van der Waals surface area contributed by atoms with Gasteiger partial charge in [-0.2, -0.15) is 0 Å². The molecule has 0 bridgehead atoms.